The average Bonchev–Trinajstić information content (AvgIpc) is 3.01. The fourth-order valence-electron chi connectivity index (χ4n) is 4.01. The van der Waals surface area contributed by atoms with E-state index >= 15 is 0 Å². The number of ether oxygens (including phenoxy) is 1. The van der Waals surface area contributed by atoms with E-state index in [-0.39, 0.29) is 11.7 Å². The van der Waals surface area contributed by atoms with E-state index in [1.54, 1.807) is 18.2 Å². The summed E-state index contributed by atoms with van der Waals surface area (Å²) >= 11 is 1.53. The van der Waals surface area contributed by atoms with Crippen LogP contribution < -0.4 is 10.1 Å². The van der Waals surface area contributed by atoms with Crippen LogP contribution in [-0.2, 0) is 6.54 Å². The predicted octanol–water partition coefficient (Wildman–Crippen LogP) is 4.68. The Bertz CT molecular complexity index is 974. The topological polar surface area (TPSA) is 71.5 Å². The molecule has 1 aromatic carbocycles. The highest BCUT2D eigenvalue weighted by Crippen LogP contribution is 2.34. The van der Waals surface area contributed by atoms with Crippen molar-refractivity contribution in [1.29, 1.82) is 0 Å². The number of carbonyl (C=O) groups is 2. The summed E-state index contributed by atoms with van der Waals surface area (Å²) in [5, 5.41) is 3.50. The van der Waals surface area contributed by atoms with Gasteiger partial charge >= 0.3 is 0 Å². The fraction of sp³-hybridized carbons (Fsp3) is 0.522. The highest BCUT2D eigenvalue weighted by atomic mass is 32.1. The third kappa shape index (κ3) is 4.57. The van der Waals surface area contributed by atoms with Crippen molar-refractivity contribution in [3.05, 3.63) is 39.9 Å². The third-order valence-electron chi connectivity index (χ3n) is 5.87. The van der Waals surface area contributed by atoms with Crippen molar-refractivity contribution in [2.45, 2.75) is 59.1 Å². The summed E-state index contributed by atoms with van der Waals surface area (Å²) in [6.07, 6.45) is 2.77. The van der Waals surface area contributed by atoms with Gasteiger partial charge in [0.05, 0.1) is 17.7 Å². The molecule has 0 atom stereocenters. The van der Waals surface area contributed by atoms with Crippen LogP contribution in [0, 0.1) is 12.8 Å². The summed E-state index contributed by atoms with van der Waals surface area (Å²) in [5.74, 6) is 1.08. The smallest absolute Gasteiger partial charge is 0.257 e. The van der Waals surface area contributed by atoms with E-state index in [0.29, 0.717) is 28.4 Å². The molecule has 0 spiro atoms. The number of fused-ring (bicyclic) bond motifs is 1. The number of nitrogens with one attached hydrogen (secondary N) is 1. The summed E-state index contributed by atoms with van der Waals surface area (Å²) in [6.45, 7) is 11.2. The number of anilines is 1. The lowest BCUT2D eigenvalue weighted by molar-refractivity contribution is 0.0620. The molecule has 1 fully saturated rings. The number of hydrogen-bond acceptors (Lipinski definition) is 6. The van der Waals surface area contributed by atoms with Crippen LogP contribution in [0.3, 0.4) is 0 Å². The quantitative estimate of drug-likeness (QED) is 0.767. The number of thiazole rings is 1. The van der Waals surface area contributed by atoms with Crippen LogP contribution in [-0.4, -0.2) is 40.3 Å². The summed E-state index contributed by atoms with van der Waals surface area (Å²) in [4.78, 5) is 33.4. The molecule has 1 N–H and O–H groups in total. The monoisotopic (exact) mass is 427 g/mol. The molecule has 2 aromatic rings. The zero-order valence-corrected chi connectivity index (χ0v) is 18.9. The van der Waals surface area contributed by atoms with Gasteiger partial charge in [0.1, 0.15) is 11.4 Å². The van der Waals surface area contributed by atoms with Crippen molar-refractivity contribution in [1.82, 2.24) is 9.88 Å². The van der Waals surface area contributed by atoms with Crippen molar-refractivity contribution >= 4 is 28.2 Å². The Morgan fingerprint density at radius 2 is 2.07 bits per heavy atom. The van der Waals surface area contributed by atoms with Crippen molar-refractivity contribution in [2.75, 3.05) is 18.4 Å². The second-order valence-electron chi connectivity index (χ2n) is 9.11. The van der Waals surface area contributed by atoms with Crippen LogP contribution in [0.4, 0.5) is 5.13 Å². The number of hydrogen-bond donors (Lipinski definition) is 1. The first-order valence-corrected chi connectivity index (χ1v) is 11.4. The van der Waals surface area contributed by atoms with Crippen molar-refractivity contribution in [2.24, 2.45) is 5.92 Å². The first kappa shape index (κ1) is 21.0. The van der Waals surface area contributed by atoms with Crippen LogP contribution in [0.15, 0.2) is 18.2 Å². The Kier molecular flexibility index (Phi) is 5.68. The van der Waals surface area contributed by atoms with E-state index in [4.69, 9.17) is 4.74 Å². The summed E-state index contributed by atoms with van der Waals surface area (Å²) in [6, 6.07) is 5.02. The Balaban J connectivity index is 1.44. The van der Waals surface area contributed by atoms with Gasteiger partial charge < -0.3 is 4.74 Å². The number of piperidine rings is 1. The molecule has 0 saturated carbocycles. The minimum atomic E-state index is -0.519. The Morgan fingerprint density at radius 3 is 2.80 bits per heavy atom. The molecule has 160 valence electrons. The van der Waals surface area contributed by atoms with E-state index in [0.717, 1.165) is 31.2 Å². The second kappa shape index (κ2) is 8.12. The van der Waals surface area contributed by atoms with Gasteiger partial charge in [0.25, 0.3) is 5.91 Å². The summed E-state index contributed by atoms with van der Waals surface area (Å²) < 4.78 is 5.87. The van der Waals surface area contributed by atoms with Gasteiger partial charge in [-0.1, -0.05) is 6.92 Å². The summed E-state index contributed by atoms with van der Waals surface area (Å²) in [5.41, 5.74) is 1.35. The van der Waals surface area contributed by atoms with Crippen molar-refractivity contribution < 1.29 is 14.3 Å². The summed E-state index contributed by atoms with van der Waals surface area (Å²) in [7, 11) is 0. The van der Waals surface area contributed by atoms with Gasteiger partial charge in [-0.25, -0.2) is 4.98 Å². The predicted molar refractivity (Wildman–Crippen MR) is 119 cm³/mol. The Morgan fingerprint density at radius 1 is 1.33 bits per heavy atom. The molecule has 1 amide bonds. The molecular formula is C23H29N3O3S. The number of benzene rings is 1. The number of carbonyl (C=O) groups excluding carboxylic acids is 2. The maximum absolute atomic E-state index is 12.8. The number of nitrogens with zero attached hydrogens (tertiary/aromatic N) is 2. The number of aromatic nitrogens is 1. The molecule has 2 aliphatic heterocycles. The number of Topliss-reactive ketones (excluding diaryl/α,β-unsaturated/α-hetero) is 1. The molecule has 4 rings (SSSR count). The zero-order chi connectivity index (χ0) is 21.5. The van der Waals surface area contributed by atoms with Crippen LogP contribution >= 0.6 is 11.3 Å². The average molecular weight is 428 g/mol. The Labute approximate surface area is 181 Å². The number of rotatable bonds is 4. The molecule has 3 heterocycles. The number of likely N-dealkylation sites (tertiary alicyclic amines) is 1. The molecule has 0 bridgehead atoms. The maximum atomic E-state index is 12.8. The molecule has 6 nitrogen and oxygen atoms in total. The van der Waals surface area contributed by atoms with Gasteiger partial charge in [-0.2, -0.15) is 0 Å². The number of amides is 1. The molecule has 30 heavy (non-hydrogen) atoms. The highest BCUT2D eigenvalue weighted by Gasteiger charge is 2.33. The first-order chi connectivity index (χ1) is 14.2. The minimum absolute atomic E-state index is 0.000806. The molecule has 0 unspecified atom stereocenters. The molecular weight excluding hydrogens is 398 g/mol. The lowest BCUT2D eigenvalue weighted by atomic mass is 9.92. The van der Waals surface area contributed by atoms with Crippen molar-refractivity contribution in [3.63, 3.8) is 0 Å². The zero-order valence-electron chi connectivity index (χ0n) is 18.1. The van der Waals surface area contributed by atoms with E-state index in [9.17, 15) is 9.59 Å². The van der Waals surface area contributed by atoms with Gasteiger partial charge in [0.15, 0.2) is 10.9 Å². The number of ketones is 1. The van der Waals surface area contributed by atoms with Crippen LogP contribution in [0.5, 0.6) is 5.75 Å². The highest BCUT2D eigenvalue weighted by molar-refractivity contribution is 7.15. The van der Waals surface area contributed by atoms with Gasteiger partial charge in [0.2, 0.25) is 0 Å². The van der Waals surface area contributed by atoms with E-state index in [2.05, 4.69) is 22.1 Å². The lowest BCUT2D eigenvalue weighted by Gasteiger charge is -2.31. The van der Waals surface area contributed by atoms with Gasteiger partial charge in [-0.05, 0) is 70.8 Å². The standard InChI is InChI=1S/C23H29N3O3S/c1-14-7-9-26(10-8-14)13-20-15(2)24-22(30-20)25-21(28)16-5-6-19-17(11-16)18(27)12-23(3,4)29-19/h5-6,11,14H,7-10,12-13H2,1-4H3,(H,24,25,28). The lowest BCUT2D eigenvalue weighted by Crippen LogP contribution is -2.36. The van der Waals surface area contributed by atoms with Crippen molar-refractivity contribution in [3.8, 4) is 5.75 Å². The van der Waals surface area contributed by atoms with Gasteiger partial charge in [0, 0.05) is 17.0 Å². The third-order valence-corrected chi connectivity index (χ3v) is 6.93. The van der Waals surface area contributed by atoms with Crippen LogP contribution in [0.2, 0.25) is 0 Å². The fourth-order valence-corrected chi connectivity index (χ4v) is 5.01. The molecule has 2 aliphatic rings. The van der Waals surface area contributed by atoms with Crippen LogP contribution in [0.25, 0.3) is 0 Å². The molecule has 7 heteroatoms. The normalized spacial score (nSPS) is 19.3. The van der Waals surface area contributed by atoms with E-state index < -0.39 is 5.60 Å². The van der Waals surface area contributed by atoms with Crippen LogP contribution in [0.1, 0.15) is 71.3 Å². The van der Waals surface area contributed by atoms with E-state index in [1.807, 2.05) is 20.8 Å². The minimum Gasteiger partial charge on any atom is -0.487 e. The molecule has 1 saturated heterocycles. The number of aryl methyl sites for hydroxylation is 1. The van der Waals surface area contributed by atoms with Gasteiger partial charge in [-0.15, -0.1) is 11.3 Å². The Hall–Kier alpha value is -2.25. The maximum Gasteiger partial charge on any atom is 0.257 e. The molecule has 0 aliphatic carbocycles. The van der Waals surface area contributed by atoms with E-state index in [1.165, 1.54) is 29.1 Å². The second-order valence-corrected chi connectivity index (χ2v) is 10.2. The molecule has 0 radical (unpaired) electrons. The largest absolute Gasteiger partial charge is 0.487 e. The first-order valence-electron chi connectivity index (χ1n) is 10.6. The SMILES string of the molecule is Cc1nc(NC(=O)c2ccc3c(c2)C(=O)CC(C)(C)O3)sc1CN1CCC(C)CC1. The molecule has 1 aromatic heterocycles. The van der Waals surface area contributed by atoms with Gasteiger partial charge in [-0.3, -0.25) is 19.8 Å².